The fourth-order valence-corrected chi connectivity index (χ4v) is 4.51. The zero-order valence-electron chi connectivity index (χ0n) is 14.6. The Hall–Kier alpha value is -1.69. The molecule has 2 aromatic heterocycles. The number of carbonyl (C=O) groups excluding carboxylic acids is 1. The fraction of sp³-hybridized carbons (Fsp3) is 0.611. The van der Waals surface area contributed by atoms with E-state index in [9.17, 15) is 9.59 Å². The molecule has 1 aliphatic heterocycles. The number of nitrogens with zero attached hydrogens (tertiary/aromatic N) is 2. The lowest BCUT2D eigenvalue weighted by Crippen LogP contribution is -2.32. The highest BCUT2D eigenvalue weighted by atomic mass is 32.1. The molecule has 1 atom stereocenters. The smallest absolute Gasteiger partial charge is 0.262 e. The van der Waals surface area contributed by atoms with Gasteiger partial charge in [-0.1, -0.05) is 19.8 Å². The van der Waals surface area contributed by atoms with Gasteiger partial charge in [0.15, 0.2) is 0 Å². The Morgan fingerprint density at radius 2 is 2.17 bits per heavy atom. The average Bonchev–Trinajstić information content (AvgIpc) is 2.71. The standard InChI is InChI=1S/C18H25N3O2S/c1-4-8-11(2)19-16(22)15-12(3)14-17(24-15)20-13-9-6-5-7-10-21(13)18(14)23/h11H,4-10H2,1-3H3,(H,19,22). The van der Waals surface area contributed by atoms with Crippen LogP contribution in [-0.2, 0) is 13.0 Å². The van der Waals surface area contributed by atoms with Crippen LogP contribution in [0.15, 0.2) is 4.79 Å². The third-order valence-corrected chi connectivity index (χ3v) is 5.90. The predicted molar refractivity (Wildman–Crippen MR) is 98.0 cm³/mol. The molecule has 3 heterocycles. The summed E-state index contributed by atoms with van der Waals surface area (Å²) in [5.41, 5.74) is 0.791. The van der Waals surface area contributed by atoms with Gasteiger partial charge in [0.05, 0.1) is 10.3 Å². The van der Waals surface area contributed by atoms with E-state index in [0.29, 0.717) is 15.1 Å². The summed E-state index contributed by atoms with van der Waals surface area (Å²) < 4.78 is 1.82. The minimum absolute atomic E-state index is 0.0197. The zero-order chi connectivity index (χ0) is 17.3. The summed E-state index contributed by atoms with van der Waals surface area (Å²) in [6, 6.07) is 0.137. The number of nitrogens with one attached hydrogen (secondary N) is 1. The Morgan fingerprint density at radius 1 is 1.38 bits per heavy atom. The lowest BCUT2D eigenvalue weighted by molar-refractivity contribution is 0.0942. The van der Waals surface area contributed by atoms with Crippen molar-refractivity contribution >= 4 is 27.5 Å². The monoisotopic (exact) mass is 347 g/mol. The number of fused-ring (bicyclic) bond motifs is 2. The lowest BCUT2D eigenvalue weighted by atomic mass is 10.1. The van der Waals surface area contributed by atoms with Crippen LogP contribution in [0.4, 0.5) is 0 Å². The maximum absolute atomic E-state index is 12.9. The van der Waals surface area contributed by atoms with Gasteiger partial charge in [-0.05, 0) is 38.7 Å². The van der Waals surface area contributed by atoms with E-state index in [1.54, 1.807) is 0 Å². The molecule has 1 N–H and O–H groups in total. The van der Waals surface area contributed by atoms with Crippen LogP contribution in [0, 0.1) is 6.92 Å². The molecule has 0 aliphatic carbocycles. The largest absolute Gasteiger partial charge is 0.349 e. The summed E-state index contributed by atoms with van der Waals surface area (Å²) >= 11 is 1.35. The first-order valence-electron chi connectivity index (χ1n) is 8.86. The van der Waals surface area contributed by atoms with Gasteiger partial charge < -0.3 is 5.32 Å². The second-order valence-corrected chi connectivity index (χ2v) is 7.69. The van der Waals surface area contributed by atoms with Gasteiger partial charge in [-0.3, -0.25) is 14.2 Å². The molecule has 6 heteroatoms. The average molecular weight is 347 g/mol. The van der Waals surface area contributed by atoms with Gasteiger partial charge in [0, 0.05) is 19.0 Å². The van der Waals surface area contributed by atoms with E-state index in [1.807, 2.05) is 18.4 Å². The van der Waals surface area contributed by atoms with Gasteiger partial charge in [-0.25, -0.2) is 4.98 Å². The quantitative estimate of drug-likeness (QED) is 0.922. The molecule has 0 spiro atoms. The molecule has 1 aliphatic rings. The van der Waals surface area contributed by atoms with Crippen LogP contribution in [0.1, 0.15) is 67.0 Å². The molecule has 0 saturated carbocycles. The Morgan fingerprint density at radius 3 is 2.92 bits per heavy atom. The number of aryl methyl sites for hydroxylation is 2. The van der Waals surface area contributed by atoms with E-state index in [2.05, 4.69) is 12.2 Å². The highest BCUT2D eigenvalue weighted by Gasteiger charge is 2.22. The summed E-state index contributed by atoms with van der Waals surface area (Å²) in [6.45, 7) is 6.72. The van der Waals surface area contributed by atoms with Gasteiger partial charge >= 0.3 is 0 Å². The molecular weight excluding hydrogens is 322 g/mol. The van der Waals surface area contributed by atoms with Gasteiger partial charge in [-0.2, -0.15) is 0 Å². The van der Waals surface area contributed by atoms with Crippen LogP contribution in [-0.4, -0.2) is 21.5 Å². The number of carbonyl (C=O) groups is 1. The Labute approximate surface area is 146 Å². The maximum atomic E-state index is 12.9. The Bertz CT molecular complexity index is 822. The van der Waals surface area contributed by atoms with Crippen molar-refractivity contribution in [3.63, 3.8) is 0 Å². The van der Waals surface area contributed by atoms with Crippen molar-refractivity contribution in [2.75, 3.05) is 0 Å². The molecule has 3 rings (SSSR count). The van der Waals surface area contributed by atoms with E-state index in [1.165, 1.54) is 11.3 Å². The Balaban J connectivity index is 2.03. The Kier molecular flexibility index (Phi) is 5.04. The summed E-state index contributed by atoms with van der Waals surface area (Å²) in [5, 5.41) is 3.66. The third-order valence-electron chi connectivity index (χ3n) is 4.72. The minimum Gasteiger partial charge on any atom is -0.349 e. The first kappa shape index (κ1) is 17.1. The van der Waals surface area contributed by atoms with Crippen LogP contribution in [0.3, 0.4) is 0 Å². The first-order valence-corrected chi connectivity index (χ1v) is 9.68. The van der Waals surface area contributed by atoms with Gasteiger partial charge in [0.2, 0.25) is 0 Å². The van der Waals surface area contributed by atoms with E-state index in [0.717, 1.165) is 56.5 Å². The molecule has 130 valence electrons. The van der Waals surface area contributed by atoms with Crippen molar-refractivity contribution < 1.29 is 4.79 Å². The molecule has 0 saturated heterocycles. The molecular formula is C18H25N3O2S. The van der Waals surface area contributed by atoms with Crippen molar-refractivity contribution in [3.05, 3.63) is 26.6 Å². The molecule has 5 nitrogen and oxygen atoms in total. The van der Waals surface area contributed by atoms with E-state index in [-0.39, 0.29) is 17.5 Å². The van der Waals surface area contributed by atoms with Crippen molar-refractivity contribution in [2.45, 2.75) is 71.9 Å². The van der Waals surface area contributed by atoms with Crippen molar-refractivity contribution in [3.8, 4) is 0 Å². The topological polar surface area (TPSA) is 64.0 Å². The summed E-state index contributed by atoms with van der Waals surface area (Å²) in [4.78, 5) is 31.5. The SMILES string of the molecule is CCCC(C)NC(=O)c1sc2nc3n(c(=O)c2c1C)CCCCC3. The fourth-order valence-electron chi connectivity index (χ4n) is 3.42. The highest BCUT2D eigenvalue weighted by molar-refractivity contribution is 7.20. The predicted octanol–water partition coefficient (Wildman–Crippen LogP) is 3.41. The van der Waals surface area contributed by atoms with Crippen molar-refractivity contribution in [1.29, 1.82) is 0 Å². The lowest BCUT2D eigenvalue weighted by Gasteiger charge is -2.12. The van der Waals surface area contributed by atoms with Gasteiger partial charge in [0.1, 0.15) is 10.7 Å². The van der Waals surface area contributed by atoms with Crippen LogP contribution < -0.4 is 10.9 Å². The molecule has 2 aromatic rings. The first-order chi connectivity index (χ1) is 11.5. The van der Waals surface area contributed by atoms with Crippen LogP contribution in [0.2, 0.25) is 0 Å². The number of rotatable bonds is 4. The normalized spacial score (nSPS) is 15.8. The second kappa shape index (κ2) is 7.05. The molecule has 0 bridgehead atoms. The van der Waals surface area contributed by atoms with Crippen LogP contribution in [0.25, 0.3) is 10.2 Å². The van der Waals surface area contributed by atoms with E-state index >= 15 is 0 Å². The number of hydrogen-bond acceptors (Lipinski definition) is 4. The number of aromatic nitrogens is 2. The summed E-state index contributed by atoms with van der Waals surface area (Å²) in [5.74, 6) is 0.786. The summed E-state index contributed by atoms with van der Waals surface area (Å²) in [7, 11) is 0. The third kappa shape index (κ3) is 3.11. The molecule has 1 unspecified atom stereocenters. The van der Waals surface area contributed by atoms with Crippen molar-refractivity contribution in [1.82, 2.24) is 14.9 Å². The molecule has 0 aromatic carbocycles. The summed E-state index contributed by atoms with van der Waals surface area (Å²) in [6.07, 6.45) is 6.05. The number of hydrogen-bond donors (Lipinski definition) is 1. The number of thiophene rings is 1. The zero-order valence-corrected chi connectivity index (χ0v) is 15.5. The number of amides is 1. The second-order valence-electron chi connectivity index (χ2n) is 6.70. The highest BCUT2D eigenvalue weighted by Crippen LogP contribution is 2.28. The van der Waals surface area contributed by atoms with E-state index < -0.39 is 0 Å². The minimum atomic E-state index is -0.0870. The maximum Gasteiger partial charge on any atom is 0.262 e. The van der Waals surface area contributed by atoms with Gasteiger partial charge in [0.25, 0.3) is 11.5 Å². The van der Waals surface area contributed by atoms with Crippen LogP contribution >= 0.6 is 11.3 Å². The van der Waals surface area contributed by atoms with Gasteiger partial charge in [-0.15, -0.1) is 11.3 Å². The molecule has 24 heavy (non-hydrogen) atoms. The van der Waals surface area contributed by atoms with Crippen LogP contribution in [0.5, 0.6) is 0 Å². The molecule has 1 amide bonds. The van der Waals surface area contributed by atoms with E-state index in [4.69, 9.17) is 4.98 Å². The molecule has 0 fully saturated rings. The molecule has 0 radical (unpaired) electrons. The van der Waals surface area contributed by atoms with Crippen molar-refractivity contribution in [2.24, 2.45) is 0 Å².